The van der Waals surface area contributed by atoms with E-state index in [4.69, 9.17) is 0 Å². The summed E-state index contributed by atoms with van der Waals surface area (Å²) >= 11 is 0. The predicted octanol–water partition coefficient (Wildman–Crippen LogP) is 2.87. The molecule has 0 N–H and O–H groups in total. The predicted molar refractivity (Wildman–Crippen MR) is 66.7 cm³/mol. The molecule has 1 heterocycles. The molecule has 0 radical (unpaired) electrons. The van der Waals surface area contributed by atoms with Crippen LogP contribution in [0.25, 0.3) is 11.8 Å². The fourth-order valence-corrected chi connectivity index (χ4v) is 1.61. The van der Waals surface area contributed by atoms with Gasteiger partial charge < -0.3 is 0 Å². The number of nitrogens with zero attached hydrogens (tertiary/aromatic N) is 1. The minimum absolute atomic E-state index is 0.00630. The van der Waals surface area contributed by atoms with Gasteiger partial charge in [-0.3, -0.25) is 9.36 Å². The van der Waals surface area contributed by atoms with Gasteiger partial charge in [-0.2, -0.15) is 0 Å². The second-order valence-corrected chi connectivity index (χ2v) is 3.47. The Bertz CT molecular complexity index is 552. The second kappa shape index (κ2) is 4.62. The van der Waals surface area contributed by atoms with E-state index in [2.05, 4.69) is 0 Å². The topological polar surface area (TPSA) is 22.0 Å². The molecule has 0 atom stereocenters. The summed E-state index contributed by atoms with van der Waals surface area (Å²) in [6.45, 7) is 1.90. The van der Waals surface area contributed by atoms with Crippen molar-refractivity contribution in [3.63, 3.8) is 0 Å². The van der Waals surface area contributed by atoms with Crippen molar-refractivity contribution >= 4 is 6.08 Å². The lowest BCUT2D eigenvalue weighted by Crippen LogP contribution is -2.19. The summed E-state index contributed by atoms with van der Waals surface area (Å²) in [6.07, 6.45) is 5.47. The van der Waals surface area contributed by atoms with E-state index in [1.807, 2.05) is 61.5 Å². The van der Waals surface area contributed by atoms with Gasteiger partial charge in [-0.15, -0.1) is 0 Å². The summed E-state index contributed by atoms with van der Waals surface area (Å²) in [6, 6.07) is 13.3. The molecule has 2 heteroatoms. The van der Waals surface area contributed by atoms with E-state index in [1.165, 1.54) is 0 Å². The van der Waals surface area contributed by atoms with Gasteiger partial charge in [0.1, 0.15) is 0 Å². The number of hydrogen-bond acceptors (Lipinski definition) is 1. The number of allylic oxidation sites excluding steroid dienone is 1. The van der Waals surface area contributed by atoms with E-state index >= 15 is 0 Å². The van der Waals surface area contributed by atoms with Crippen molar-refractivity contribution in [1.29, 1.82) is 0 Å². The first-order valence-electron chi connectivity index (χ1n) is 5.22. The molecule has 0 saturated heterocycles. The van der Waals surface area contributed by atoms with Crippen LogP contribution in [0.1, 0.15) is 12.5 Å². The average Bonchev–Trinajstić information content (AvgIpc) is 2.33. The van der Waals surface area contributed by atoms with E-state index in [-0.39, 0.29) is 5.56 Å². The van der Waals surface area contributed by atoms with Gasteiger partial charge >= 0.3 is 0 Å². The van der Waals surface area contributed by atoms with Crippen LogP contribution in [0.3, 0.4) is 0 Å². The molecular formula is C14H13NO. The molecule has 2 aromatic rings. The van der Waals surface area contributed by atoms with Gasteiger partial charge in [0.2, 0.25) is 0 Å². The van der Waals surface area contributed by atoms with Crippen LogP contribution in [-0.2, 0) is 0 Å². The Morgan fingerprint density at radius 2 is 1.81 bits per heavy atom. The number of pyridine rings is 1. The second-order valence-electron chi connectivity index (χ2n) is 3.47. The third kappa shape index (κ3) is 1.96. The lowest BCUT2D eigenvalue weighted by Gasteiger charge is -2.05. The Labute approximate surface area is 94.5 Å². The van der Waals surface area contributed by atoms with Crippen LogP contribution in [0.15, 0.2) is 59.5 Å². The van der Waals surface area contributed by atoms with Crippen LogP contribution in [0, 0.1) is 0 Å². The van der Waals surface area contributed by atoms with E-state index in [0.29, 0.717) is 5.56 Å². The van der Waals surface area contributed by atoms with Gasteiger partial charge in [0.25, 0.3) is 5.56 Å². The normalized spacial score (nSPS) is 10.8. The van der Waals surface area contributed by atoms with Gasteiger partial charge in [0.15, 0.2) is 0 Å². The van der Waals surface area contributed by atoms with Gasteiger partial charge in [-0.05, 0) is 31.2 Å². The molecule has 0 aliphatic rings. The molecule has 1 aromatic heterocycles. The van der Waals surface area contributed by atoms with E-state index in [1.54, 1.807) is 10.8 Å². The summed E-state index contributed by atoms with van der Waals surface area (Å²) in [4.78, 5) is 12.1. The fourth-order valence-electron chi connectivity index (χ4n) is 1.61. The van der Waals surface area contributed by atoms with E-state index in [9.17, 15) is 4.79 Å². The first-order valence-corrected chi connectivity index (χ1v) is 5.22. The van der Waals surface area contributed by atoms with Crippen LogP contribution in [0.5, 0.6) is 0 Å². The minimum Gasteiger partial charge on any atom is -0.284 e. The average molecular weight is 211 g/mol. The van der Waals surface area contributed by atoms with Crippen LogP contribution in [0.4, 0.5) is 0 Å². The molecule has 0 aliphatic carbocycles. The SMILES string of the molecule is C/C=C/c1cccn(-c2ccccc2)c1=O. The number of hydrogen-bond donors (Lipinski definition) is 0. The summed E-state index contributed by atoms with van der Waals surface area (Å²) < 4.78 is 1.65. The minimum atomic E-state index is 0.00630. The van der Waals surface area contributed by atoms with E-state index in [0.717, 1.165) is 5.69 Å². The Morgan fingerprint density at radius 1 is 1.06 bits per heavy atom. The van der Waals surface area contributed by atoms with E-state index < -0.39 is 0 Å². The van der Waals surface area contributed by atoms with Gasteiger partial charge in [-0.25, -0.2) is 0 Å². The largest absolute Gasteiger partial charge is 0.284 e. The zero-order valence-corrected chi connectivity index (χ0v) is 9.13. The first-order chi connectivity index (χ1) is 7.83. The van der Waals surface area contributed by atoms with Crippen LogP contribution < -0.4 is 5.56 Å². The van der Waals surface area contributed by atoms with Gasteiger partial charge in [-0.1, -0.05) is 30.4 Å². The molecule has 1 aromatic carbocycles. The maximum absolute atomic E-state index is 12.1. The summed E-state index contributed by atoms with van der Waals surface area (Å²) in [5.74, 6) is 0. The molecule has 16 heavy (non-hydrogen) atoms. The summed E-state index contributed by atoms with van der Waals surface area (Å²) in [7, 11) is 0. The highest BCUT2D eigenvalue weighted by Gasteiger charge is 2.00. The number of para-hydroxylation sites is 1. The third-order valence-corrected chi connectivity index (χ3v) is 2.36. The van der Waals surface area contributed by atoms with Crippen molar-refractivity contribution in [2.45, 2.75) is 6.92 Å². The Kier molecular flexibility index (Phi) is 3.01. The highest BCUT2D eigenvalue weighted by Crippen LogP contribution is 2.04. The van der Waals surface area contributed by atoms with Crippen LogP contribution in [0.2, 0.25) is 0 Å². The maximum atomic E-state index is 12.1. The standard InChI is InChI=1S/C14H13NO/c1-2-7-12-8-6-11-15(14(12)16)13-9-4-3-5-10-13/h2-11H,1H3/b7-2+. The van der Waals surface area contributed by atoms with Crippen molar-refractivity contribution < 1.29 is 0 Å². The molecule has 0 saturated carbocycles. The highest BCUT2D eigenvalue weighted by molar-refractivity contribution is 5.48. The summed E-state index contributed by atoms with van der Waals surface area (Å²) in [5.41, 5.74) is 1.60. The summed E-state index contributed by atoms with van der Waals surface area (Å²) in [5, 5.41) is 0. The number of benzene rings is 1. The molecule has 0 aliphatic heterocycles. The van der Waals surface area contributed by atoms with Crippen molar-refractivity contribution in [1.82, 2.24) is 4.57 Å². The van der Waals surface area contributed by atoms with Crippen molar-refractivity contribution in [3.8, 4) is 5.69 Å². The van der Waals surface area contributed by atoms with Crippen LogP contribution in [-0.4, -0.2) is 4.57 Å². The van der Waals surface area contributed by atoms with Crippen molar-refractivity contribution in [2.24, 2.45) is 0 Å². The third-order valence-electron chi connectivity index (χ3n) is 2.36. The molecule has 0 spiro atoms. The molecule has 0 unspecified atom stereocenters. The molecule has 2 rings (SSSR count). The molecule has 0 amide bonds. The quantitative estimate of drug-likeness (QED) is 0.748. The maximum Gasteiger partial charge on any atom is 0.262 e. The molecule has 0 fully saturated rings. The number of rotatable bonds is 2. The van der Waals surface area contributed by atoms with Gasteiger partial charge in [0.05, 0.1) is 0 Å². The lowest BCUT2D eigenvalue weighted by molar-refractivity contribution is 0.985. The lowest BCUT2D eigenvalue weighted by atomic mass is 10.2. The zero-order valence-electron chi connectivity index (χ0n) is 9.13. The molecule has 2 nitrogen and oxygen atoms in total. The fraction of sp³-hybridized carbons (Fsp3) is 0.0714. The van der Waals surface area contributed by atoms with Crippen molar-refractivity contribution in [2.75, 3.05) is 0 Å². The van der Waals surface area contributed by atoms with Gasteiger partial charge in [0, 0.05) is 17.4 Å². The number of aromatic nitrogens is 1. The zero-order chi connectivity index (χ0) is 11.4. The smallest absolute Gasteiger partial charge is 0.262 e. The molecule has 0 bridgehead atoms. The van der Waals surface area contributed by atoms with Crippen molar-refractivity contribution in [3.05, 3.63) is 70.7 Å². The van der Waals surface area contributed by atoms with Crippen LogP contribution >= 0.6 is 0 Å². The Balaban J connectivity index is 2.59. The monoisotopic (exact) mass is 211 g/mol. The Morgan fingerprint density at radius 3 is 2.50 bits per heavy atom. The first kappa shape index (κ1) is 10.4. The highest BCUT2D eigenvalue weighted by atomic mass is 16.1. The Hall–Kier alpha value is -2.09. The molecule has 80 valence electrons. The molecular weight excluding hydrogens is 198 g/mol.